The molecule has 0 radical (unpaired) electrons. The van der Waals surface area contributed by atoms with Crippen LogP contribution < -0.4 is 5.32 Å². The van der Waals surface area contributed by atoms with E-state index in [2.05, 4.69) is 10.3 Å². The second kappa shape index (κ2) is 5.71. The lowest BCUT2D eigenvalue weighted by molar-refractivity contribution is 0.452. The molecule has 0 aliphatic rings. The summed E-state index contributed by atoms with van der Waals surface area (Å²) in [6, 6.07) is 10.6. The molecule has 4 heteroatoms. The van der Waals surface area contributed by atoms with Crippen LogP contribution in [0.4, 0.5) is 0 Å². The lowest BCUT2D eigenvalue weighted by atomic mass is 10.1. The Morgan fingerprint density at radius 2 is 2.00 bits per heavy atom. The highest BCUT2D eigenvalue weighted by Crippen LogP contribution is 2.19. The van der Waals surface area contributed by atoms with Crippen LogP contribution >= 0.6 is 0 Å². The van der Waals surface area contributed by atoms with Crippen LogP contribution in [-0.2, 0) is 6.54 Å². The molecule has 0 aliphatic heterocycles. The van der Waals surface area contributed by atoms with Crippen molar-refractivity contribution in [2.75, 3.05) is 0 Å². The van der Waals surface area contributed by atoms with Crippen molar-refractivity contribution >= 4 is 0 Å². The average Bonchev–Trinajstić information content (AvgIpc) is 2.39. The molecule has 0 spiro atoms. The fraction of sp³-hybridized carbons (Fsp3) is 0.267. The van der Waals surface area contributed by atoms with Crippen molar-refractivity contribution in [2.45, 2.75) is 26.4 Å². The molecule has 1 heterocycles. The molecule has 2 aromatic rings. The van der Waals surface area contributed by atoms with Crippen LogP contribution in [0, 0.1) is 6.92 Å². The predicted octanol–water partition coefficient (Wildman–Crippen LogP) is 2.65. The van der Waals surface area contributed by atoms with Crippen molar-refractivity contribution in [3.63, 3.8) is 0 Å². The molecule has 1 unspecified atom stereocenters. The highest BCUT2D eigenvalue weighted by molar-refractivity contribution is 5.30. The van der Waals surface area contributed by atoms with E-state index in [1.165, 1.54) is 0 Å². The minimum atomic E-state index is 0.0637. The molecular weight excluding hydrogens is 240 g/mol. The summed E-state index contributed by atoms with van der Waals surface area (Å²) in [5.74, 6) is 0.448. The van der Waals surface area contributed by atoms with Crippen molar-refractivity contribution in [1.82, 2.24) is 10.3 Å². The Balaban J connectivity index is 2.04. The number of aryl methyl sites for hydroxylation is 1. The second-order valence-electron chi connectivity index (χ2n) is 4.62. The molecular formula is C15H18N2O2. The molecule has 3 N–H and O–H groups in total. The first-order valence-electron chi connectivity index (χ1n) is 6.24. The summed E-state index contributed by atoms with van der Waals surface area (Å²) in [4.78, 5) is 4.29. The third-order valence-electron chi connectivity index (χ3n) is 3.04. The standard InChI is InChI=1S/C15H18N2O2/c1-10-6-7-15(19)14(17-10)9-16-11(2)12-4-3-5-13(18)8-12/h3-8,11,16,18-19H,9H2,1-2H3. The minimum Gasteiger partial charge on any atom is -0.508 e. The van der Waals surface area contributed by atoms with Gasteiger partial charge in [0.1, 0.15) is 11.5 Å². The summed E-state index contributed by atoms with van der Waals surface area (Å²) < 4.78 is 0. The zero-order valence-corrected chi connectivity index (χ0v) is 11.1. The van der Waals surface area contributed by atoms with Gasteiger partial charge in [-0.25, -0.2) is 0 Å². The number of nitrogens with zero attached hydrogens (tertiary/aromatic N) is 1. The number of phenols is 1. The van der Waals surface area contributed by atoms with Gasteiger partial charge in [0.25, 0.3) is 0 Å². The molecule has 19 heavy (non-hydrogen) atoms. The number of pyridine rings is 1. The number of hydrogen-bond acceptors (Lipinski definition) is 4. The molecule has 0 amide bonds. The topological polar surface area (TPSA) is 65.4 Å². The van der Waals surface area contributed by atoms with Crippen LogP contribution in [-0.4, -0.2) is 15.2 Å². The number of nitrogens with one attached hydrogen (secondary N) is 1. The molecule has 1 aromatic heterocycles. The van der Waals surface area contributed by atoms with Crippen LogP contribution in [0.3, 0.4) is 0 Å². The van der Waals surface area contributed by atoms with Crippen LogP contribution in [0.15, 0.2) is 36.4 Å². The molecule has 0 saturated heterocycles. The van der Waals surface area contributed by atoms with Gasteiger partial charge < -0.3 is 15.5 Å². The van der Waals surface area contributed by atoms with Crippen molar-refractivity contribution in [1.29, 1.82) is 0 Å². The molecule has 0 bridgehead atoms. The average molecular weight is 258 g/mol. The molecule has 4 nitrogen and oxygen atoms in total. The van der Waals surface area contributed by atoms with Gasteiger partial charge in [-0.15, -0.1) is 0 Å². The summed E-state index contributed by atoms with van der Waals surface area (Å²) in [6.45, 7) is 4.37. The lowest BCUT2D eigenvalue weighted by Crippen LogP contribution is -2.19. The van der Waals surface area contributed by atoms with Gasteiger partial charge in [0.15, 0.2) is 0 Å². The molecule has 2 rings (SSSR count). The first-order chi connectivity index (χ1) is 9.06. The number of benzene rings is 1. The van der Waals surface area contributed by atoms with E-state index in [0.717, 1.165) is 11.3 Å². The minimum absolute atomic E-state index is 0.0637. The van der Waals surface area contributed by atoms with Crippen molar-refractivity contribution in [2.24, 2.45) is 0 Å². The Labute approximate surface area is 112 Å². The van der Waals surface area contributed by atoms with E-state index in [0.29, 0.717) is 12.2 Å². The quantitative estimate of drug-likeness (QED) is 0.788. The summed E-state index contributed by atoms with van der Waals surface area (Å²) in [5.41, 5.74) is 2.50. The Morgan fingerprint density at radius 1 is 1.21 bits per heavy atom. The highest BCUT2D eigenvalue weighted by Gasteiger charge is 2.08. The fourth-order valence-electron chi connectivity index (χ4n) is 1.89. The van der Waals surface area contributed by atoms with Crippen LogP contribution in [0.2, 0.25) is 0 Å². The van der Waals surface area contributed by atoms with Gasteiger partial charge in [0.05, 0.1) is 5.69 Å². The smallest absolute Gasteiger partial charge is 0.138 e. The SMILES string of the molecule is Cc1ccc(O)c(CNC(C)c2cccc(O)c2)n1. The predicted molar refractivity (Wildman–Crippen MR) is 74.0 cm³/mol. The number of aromatic nitrogens is 1. The first kappa shape index (κ1) is 13.4. The molecule has 0 aliphatic carbocycles. The largest absolute Gasteiger partial charge is 0.508 e. The van der Waals surface area contributed by atoms with Crippen LogP contribution in [0.25, 0.3) is 0 Å². The van der Waals surface area contributed by atoms with E-state index in [1.54, 1.807) is 24.3 Å². The van der Waals surface area contributed by atoms with Crippen LogP contribution in [0.5, 0.6) is 11.5 Å². The number of hydrogen-bond donors (Lipinski definition) is 3. The van der Waals surface area contributed by atoms with E-state index in [9.17, 15) is 10.2 Å². The second-order valence-corrected chi connectivity index (χ2v) is 4.62. The highest BCUT2D eigenvalue weighted by atomic mass is 16.3. The molecule has 1 atom stereocenters. The van der Waals surface area contributed by atoms with E-state index < -0.39 is 0 Å². The first-order valence-corrected chi connectivity index (χ1v) is 6.24. The van der Waals surface area contributed by atoms with Crippen molar-refractivity contribution < 1.29 is 10.2 Å². The Hall–Kier alpha value is -2.07. The maximum Gasteiger partial charge on any atom is 0.138 e. The fourth-order valence-corrected chi connectivity index (χ4v) is 1.89. The van der Waals surface area contributed by atoms with Gasteiger partial charge in [-0.3, -0.25) is 4.98 Å². The van der Waals surface area contributed by atoms with Gasteiger partial charge in [0, 0.05) is 18.3 Å². The van der Waals surface area contributed by atoms with Crippen molar-refractivity contribution in [3.05, 3.63) is 53.3 Å². The Bertz CT molecular complexity index is 570. The summed E-state index contributed by atoms with van der Waals surface area (Å²) >= 11 is 0. The zero-order valence-electron chi connectivity index (χ0n) is 11.1. The van der Waals surface area contributed by atoms with Gasteiger partial charge in [-0.05, 0) is 43.7 Å². The zero-order chi connectivity index (χ0) is 13.8. The van der Waals surface area contributed by atoms with E-state index in [4.69, 9.17) is 0 Å². The molecule has 0 fully saturated rings. The third-order valence-corrected chi connectivity index (χ3v) is 3.04. The summed E-state index contributed by atoms with van der Waals surface area (Å²) in [7, 11) is 0. The van der Waals surface area contributed by atoms with Gasteiger partial charge in [-0.2, -0.15) is 0 Å². The number of phenolic OH excluding ortho intramolecular Hbond substituents is 1. The molecule has 1 aromatic carbocycles. The number of aromatic hydroxyl groups is 2. The van der Waals surface area contributed by atoms with E-state index in [1.807, 2.05) is 26.0 Å². The van der Waals surface area contributed by atoms with Gasteiger partial charge in [-0.1, -0.05) is 12.1 Å². The third kappa shape index (κ3) is 3.45. The maximum absolute atomic E-state index is 9.72. The summed E-state index contributed by atoms with van der Waals surface area (Å²) in [6.07, 6.45) is 0. The van der Waals surface area contributed by atoms with E-state index in [-0.39, 0.29) is 17.5 Å². The summed E-state index contributed by atoms with van der Waals surface area (Å²) in [5, 5.41) is 22.4. The monoisotopic (exact) mass is 258 g/mol. The maximum atomic E-state index is 9.72. The van der Waals surface area contributed by atoms with Gasteiger partial charge >= 0.3 is 0 Å². The lowest BCUT2D eigenvalue weighted by Gasteiger charge is -2.15. The normalized spacial score (nSPS) is 12.3. The van der Waals surface area contributed by atoms with Crippen molar-refractivity contribution in [3.8, 4) is 11.5 Å². The Kier molecular flexibility index (Phi) is 4.02. The van der Waals surface area contributed by atoms with Gasteiger partial charge in [0.2, 0.25) is 0 Å². The van der Waals surface area contributed by atoms with Crippen LogP contribution in [0.1, 0.15) is 29.9 Å². The Morgan fingerprint density at radius 3 is 2.74 bits per heavy atom. The van der Waals surface area contributed by atoms with E-state index >= 15 is 0 Å². The molecule has 100 valence electrons. The number of rotatable bonds is 4. The molecule has 0 saturated carbocycles.